The molecule has 0 amide bonds. The summed E-state index contributed by atoms with van der Waals surface area (Å²) in [4.78, 5) is 0.139. The minimum Gasteiger partial charge on any atom is -0.497 e. The Balaban J connectivity index is 1.90. The van der Waals surface area contributed by atoms with Gasteiger partial charge in [-0.3, -0.25) is 4.72 Å². The summed E-state index contributed by atoms with van der Waals surface area (Å²) >= 11 is 0. The monoisotopic (exact) mass is 388 g/mol. The number of rotatable bonds is 6. The molecule has 1 N–H and O–H groups in total. The first-order valence-corrected chi connectivity index (χ1v) is 9.61. The molecule has 1 aromatic heterocycles. The van der Waals surface area contributed by atoms with Crippen molar-refractivity contribution in [2.75, 3.05) is 18.9 Å². The molecule has 1 heterocycles. The van der Waals surface area contributed by atoms with Gasteiger partial charge in [-0.05, 0) is 31.5 Å². The van der Waals surface area contributed by atoms with E-state index < -0.39 is 10.0 Å². The third kappa shape index (κ3) is 3.90. The second kappa shape index (κ2) is 7.32. The SMILES string of the molecule is COc1cc(NS(=O)(=O)c2ccc(-c3c(C)noc3C)cc2)cc(OC)c1. The quantitative estimate of drug-likeness (QED) is 0.691. The smallest absolute Gasteiger partial charge is 0.261 e. The molecule has 0 aliphatic rings. The zero-order valence-corrected chi connectivity index (χ0v) is 16.3. The molecule has 0 bridgehead atoms. The van der Waals surface area contributed by atoms with Crippen molar-refractivity contribution in [2.24, 2.45) is 0 Å². The van der Waals surface area contributed by atoms with Gasteiger partial charge in [0.05, 0.1) is 30.5 Å². The molecule has 3 rings (SSSR count). The van der Waals surface area contributed by atoms with Gasteiger partial charge in [0, 0.05) is 23.8 Å². The van der Waals surface area contributed by atoms with Crippen LogP contribution >= 0.6 is 0 Å². The van der Waals surface area contributed by atoms with E-state index in [2.05, 4.69) is 9.88 Å². The van der Waals surface area contributed by atoms with Crippen molar-refractivity contribution in [1.82, 2.24) is 5.16 Å². The lowest BCUT2D eigenvalue weighted by Gasteiger charge is -2.12. The summed E-state index contributed by atoms with van der Waals surface area (Å²) in [6.07, 6.45) is 0. The number of sulfonamides is 1. The topological polar surface area (TPSA) is 90.7 Å². The van der Waals surface area contributed by atoms with Crippen molar-refractivity contribution in [3.8, 4) is 22.6 Å². The van der Waals surface area contributed by atoms with Crippen molar-refractivity contribution in [1.29, 1.82) is 0 Å². The molecule has 7 nitrogen and oxygen atoms in total. The number of aryl methyl sites for hydroxylation is 2. The summed E-state index contributed by atoms with van der Waals surface area (Å²) in [6, 6.07) is 11.4. The molecule has 142 valence electrons. The van der Waals surface area contributed by atoms with Crippen molar-refractivity contribution >= 4 is 15.7 Å². The van der Waals surface area contributed by atoms with E-state index in [-0.39, 0.29) is 4.90 Å². The molecule has 27 heavy (non-hydrogen) atoms. The van der Waals surface area contributed by atoms with Gasteiger partial charge in [0.1, 0.15) is 17.3 Å². The first kappa shape index (κ1) is 18.8. The average Bonchev–Trinajstić information content (AvgIpc) is 2.99. The van der Waals surface area contributed by atoms with Crippen LogP contribution in [0, 0.1) is 13.8 Å². The van der Waals surface area contributed by atoms with Gasteiger partial charge in [0.2, 0.25) is 0 Å². The molecule has 0 unspecified atom stereocenters. The predicted octanol–water partition coefficient (Wildman–Crippen LogP) is 3.78. The van der Waals surface area contributed by atoms with E-state index in [9.17, 15) is 8.42 Å². The fourth-order valence-electron chi connectivity index (χ4n) is 2.78. The number of methoxy groups -OCH3 is 2. The highest BCUT2D eigenvalue weighted by atomic mass is 32.2. The fourth-order valence-corrected chi connectivity index (χ4v) is 3.82. The van der Waals surface area contributed by atoms with Crippen LogP contribution in [0.1, 0.15) is 11.5 Å². The highest BCUT2D eigenvalue weighted by molar-refractivity contribution is 7.92. The molecular weight excluding hydrogens is 368 g/mol. The van der Waals surface area contributed by atoms with Gasteiger partial charge in [-0.15, -0.1) is 0 Å². The van der Waals surface area contributed by atoms with Crippen LogP contribution in [-0.2, 0) is 10.0 Å². The molecule has 0 radical (unpaired) electrons. The summed E-state index contributed by atoms with van der Waals surface area (Å²) in [6.45, 7) is 3.66. The summed E-state index contributed by atoms with van der Waals surface area (Å²) in [5, 5.41) is 3.92. The summed E-state index contributed by atoms with van der Waals surface area (Å²) in [5.41, 5.74) is 2.81. The van der Waals surface area contributed by atoms with Crippen LogP contribution in [0.5, 0.6) is 11.5 Å². The van der Waals surface area contributed by atoms with Gasteiger partial charge in [-0.25, -0.2) is 8.42 Å². The standard InChI is InChI=1S/C19H20N2O5S/c1-12-19(13(2)26-20-12)14-5-7-18(8-6-14)27(22,23)21-15-9-16(24-3)11-17(10-15)25-4/h5-11,21H,1-4H3. The van der Waals surface area contributed by atoms with Crippen LogP contribution in [-0.4, -0.2) is 27.8 Å². The fraction of sp³-hybridized carbons (Fsp3) is 0.211. The number of hydrogen-bond donors (Lipinski definition) is 1. The predicted molar refractivity (Wildman–Crippen MR) is 102 cm³/mol. The molecule has 3 aromatic rings. The second-order valence-corrected chi connectivity index (χ2v) is 7.61. The lowest BCUT2D eigenvalue weighted by molar-refractivity contribution is 0.393. The van der Waals surface area contributed by atoms with Crippen molar-refractivity contribution in [3.05, 3.63) is 53.9 Å². The van der Waals surface area contributed by atoms with Crippen LogP contribution < -0.4 is 14.2 Å². The van der Waals surface area contributed by atoms with Crippen LogP contribution in [0.15, 0.2) is 51.9 Å². The second-order valence-electron chi connectivity index (χ2n) is 5.93. The van der Waals surface area contributed by atoms with E-state index in [1.54, 1.807) is 42.5 Å². The van der Waals surface area contributed by atoms with E-state index in [1.807, 2.05) is 13.8 Å². The van der Waals surface area contributed by atoms with Crippen LogP contribution in [0.3, 0.4) is 0 Å². The largest absolute Gasteiger partial charge is 0.497 e. The number of nitrogens with one attached hydrogen (secondary N) is 1. The minimum absolute atomic E-state index is 0.139. The molecule has 0 saturated heterocycles. The van der Waals surface area contributed by atoms with Crippen molar-refractivity contribution < 1.29 is 22.4 Å². The highest BCUT2D eigenvalue weighted by Gasteiger charge is 2.17. The first-order chi connectivity index (χ1) is 12.8. The molecule has 2 aromatic carbocycles. The Kier molecular flexibility index (Phi) is 5.09. The lowest BCUT2D eigenvalue weighted by atomic mass is 10.0. The van der Waals surface area contributed by atoms with Gasteiger partial charge in [0.15, 0.2) is 0 Å². The number of benzene rings is 2. The molecule has 0 spiro atoms. The van der Waals surface area contributed by atoms with E-state index >= 15 is 0 Å². The van der Waals surface area contributed by atoms with E-state index in [0.717, 1.165) is 16.8 Å². The third-order valence-corrected chi connectivity index (χ3v) is 5.49. The molecule has 0 aliphatic carbocycles. The zero-order chi connectivity index (χ0) is 19.6. The van der Waals surface area contributed by atoms with Gasteiger partial charge < -0.3 is 14.0 Å². The Bertz CT molecular complexity index is 1010. The lowest BCUT2D eigenvalue weighted by Crippen LogP contribution is -2.13. The molecule has 0 saturated carbocycles. The highest BCUT2D eigenvalue weighted by Crippen LogP contribution is 2.30. The summed E-state index contributed by atoms with van der Waals surface area (Å²) < 4.78 is 43.5. The van der Waals surface area contributed by atoms with Gasteiger partial charge in [0.25, 0.3) is 10.0 Å². The molecule has 0 fully saturated rings. The number of anilines is 1. The third-order valence-electron chi connectivity index (χ3n) is 4.09. The van der Waals surface area contributed by atoms with Crippen LogP contribution in [0.4, 0.5) is 5.69 Å². The molecule has 0 aliphatic heterocycles. The van der Waals surface area contributed by atoms with Gasteiger partial charge >= 0.3 is 0 Å². The maximum Gasteiger partial charge on any atom is 0.261 e. The summed E-state index contributed by atoms with van der Waals surface area (Å²) in [7, 11) is -0.768. The van der Waals surface area contributed by atoms with E-state index in [4.69, 9.17) is 14.0 Å². The normalized spacial score (nSPS) is 11.3. The Morgan fingerprint density at radius 3 is 2.04 bits per heavy atom. The first-order valence-electron chi connectivity index (χ1n) is 8.13. The van der Waals surface area contributed by atoms with E-state index in [0.29, 0.717) is 22.9 Å². The Labute approximate surface area is 158 Å². The zero-order valence-electron chi connectivity index (χ0n) is 15.4. The van der Waals surface area contributed by atoms with Crippen molar-refractivity contribution in [3.63, 3.8) is 0 Å². The minimum atomic E-state index is -3.77. The number of aromatic nitrogens is 1. The van der Waals surface area contributed by atoms with Crippen LogP contribution in [0.25, 0.3) is 11.1 Å². The molecular formula is C19H20N2O5S. The molecule has 0 atom stereocenters. The molecule has 8 heteroatoms. The Morgan fingerprint density at radius 2 is 1.56 bits per heavy atom. The van der Waals surface area contributed by atoms with Gasteiger partial charge in [-0.1, -0.05) is 17.3 Å². The van der Waals surface area contributed by atoms with Crippen LogP contribution in [0.2, 0.25) is 0 Å². The Hall–Kier alpha value is -3.00. The van der Waals surface area contributed by atoms with Gasteiger partial charge in [-0.2, -0.15) is 0 Å². The average molecular weight is 388 g/mol. The Morgan fingerprint density at radius 1 is 0.963 bits per heavy atom. The maximum absolute atomic E-state index is 12.7. The summed E-state index contributed by atoms with van der Waals surface area (Å²) in [5.74, 6) is 1.66. The van der Waals surface area contributed by atoms with E-state index in [1.165, 1.54) is 14.2 Å². The number of ether oxygens (including phenoxy) is 2. The van der Waals surface area contributed by atoms with Crippen molar-refractivity contribution in [2.45, 2.75) is 18.7 Å². The maximum atomic E-state index is 12.7. The number of nitrogens with zero attached hydrogens (tertiary/aromatic N) is 1. The number of hydrogen-bond acceptors (Lipinski definition) is 6.